The molecule has 3 rings (SSSR count). The number of ether oxygens (including phenoxy) is 2. The van der Waals surface area contributed by atoms with Crippen LogP contribution in [0.2, 0.25) is 0 Å². The van der Waals surface area contributed by atoms with E-state index < -0.39 is 41.7 Å². The zero-order chi connectivity index (χ0) is 25.7. The summed E-state index contributed by atoms with van der Waals surface area (Å²) in [6.45, 7) is 5.67. The number of nitrogens with zero attached hydrogens (tertiary/aromatic N) is 2. The second-order valence-electron chi connectivity index (χ2n) is 10.7. The van der Waals surface area contributed by atoms with E-state index >= 15 is 4.39 Å². The standard InChI is InChI=1S/C26H37F3N2O4/c1-24(2,3)35-23(33)31-17-14-26(28,29)21(18-31)10-7-11-25(27)12-15-30(16-13-25)22(32)34-19-20-8-5-4-6-9-20/h4-6,8-9,21H,7,10-19H2,1-3H3. The summed E-state index contributed by atoms with van der Waals surface area (Å²) in [5, 5.41) is 0. The molecule has 2 fully saturated rings. The van der Waals surface area contributed by atoms with E-state index in [9.17, 15) is 18.4 Å². The van der Waals surface area contributed by atoms with Crippen LogP contribution < -0.4 is 0 Å². The van der Waals surface area contributed by atoms with Crippen LogP contribution in [0.5, 0.6) is 0 Å². The van der Waals surface area contributed by atoms with Crippen molar-refractivity contribution in [2.24, 2.45) is 5.92 Å². The molecule has 0 aromatic heterocycles. The van der Waals surface area contributed by atoms with Gasteiger partial charge in [0.1, 0.15) is 17.9 Å². The molecule has 6 nitrogen and oxygen atoms in total. The predicted molar refractivity (Wildman–Crippen MR) is 126 cm³/mol. The molecule has 2 saturated heterocycles. The molecule has 1 aromatic carbocycles. The molecule has 0 saturated carbocycles. The molecule has 0 aliphatic carbocycles. The first-order valence-corrected chi connectivity index (χ1v) is 12.4. The van der Waals surface area contributed by atoms with Gasteiger partial charge in [-0.3, -0.25) is 0 Å². The quantitative estimate of drug-likeness (QED) is 0.469. The monoisotopic (exact) mass is 498 g/mol. The number of amides is 2. The number of likely N-dealkylation sites (tertiary alicyclic amines) is 2. The van der Waals surface area contributed by atoms with Crippen molar-refractivity contribution in [3.63, 3.8) is 0 Å². The van der Waals surface area contributed by atoms with Crippen molar-refractivity contribution >= 4 is 12.2 Å². The van der Waals surface area contributed by atoms with Crippen molar-refractivity contribution < 1.29 is 32.2 Å². The topological polar surface area (TPSA) is 59.1 Å². The summed E-state index contributed by atoms with van der Waals surface area (Å²) in [6, 6.07) is 9.32. The highest BCUT2D eigenvalue weighted by atomic mass is 19.3. The van der Waals surface area contributed by atoms with Gasteiger partial charge in [0.2, 0.25) is 0 Å². The largest absolute Gasteiger partial charge is 0.445 e. The first kappa shape index (κ1) is 27.1. The molecule has 35 heavy (non-hydrogen) atoms. The van der Waals surface area contributed by atoms with Gasteiger partial charge in [-0.25, -0.2) is 22.8 Å². The minimum atomic E-state index is -2.89. The number of rotatable bonds is 6. The van der Waals surface area contributed by atoms with Crippen LogP contribution in [0.3, 0.4) is 0 Å². The second kappa shape index (κ2) is 11.1. The highest BCUT2D eigenvalue weighted by Crippen LogP contribution is 2.39. The SMILES string of the molecule is CC(C)(C)OC(=O)N1CCC(F)(F)C(CCCC2(F)CCN(C(=O)OCc3ccccc3)CC2)C1. The number of benzene rings is 1. The lowest BCUT2D eigenvalue weighted by atomic mass is 9.84. The van der Waals surface area contributed by atoms with Crippen LogP contribution in [0.15, 0.2) is 30.3 Å². The van der Waals surface area contributed by atoms with Gasteiger partial charge in [0.15, 0.2) is 0 Å². The summed E-state index contributed by atoms with van der Waals surface area (Å²) < 4.78 is 55.0. The van der Waals surface area contributed by atoms with Gasteiger partial charge in [0, 0.05) is 38.5 Å². The van der Waals surface area contributed by atoms with Gasteiger partial charge in [-0.05, 0) is 58.4 Å². The Morgan fingerprint density at radius 3 is 2.23 bits per heavy atom. The fourth-order valence-electron chi connectivity index (χ4n) is 4.59. The average molecular weight is 499 g/mol. The van der Waals surface area contributed by atoms with E-state index in [-0.39, 0.29) is 64.9 Å². The van der Waals surface area contributed by atoms with E-state index in [4.69, 9.17) is 9.47 Å². The van der Waals surface area contributed by atoms with Gasteiger partial charge in [-0.1, -0.05) is 30.3 Å². The molecule has 0 bridgehead atoms. The van der Waals surface area contributed by atoms with Crippen molar-refractivity contribution in [2.75, 3.05) is 26.2 Å². The average Bonchev–Trinajstić information content (AvgIpc) is 2.78. The molecular weight excluding hydrogens is 461 g/mol. The minimum Gasteiger partial charge on any atom is -0.445 e. The fraction of sp³-hybridized carbons (Fsp3) is 0.692. The summed E-state index contributed by atoms with van der Waals surface area (Å²) in [4.78, 5) is 27.4. The molecule has 2 aliphatic rings. The van der Waals surface area contributed by atoms with Crippen molar-refractivity contribution in [1.82, 2.24) is 9.80 Å². The Bertz CT molecular complexity index is 852. The number of carbonyl (C=O) groups excluding carboxylic acids is 2. The maximum Gasteiger partial charge on any atom is 0.410 e. The molecule has 2 heterocycles. The third-order valence-electron chi connectivity index (χ3n) is 6.71. The smallest absolute Gasteiger partial charge is 0.410 e. The Balaban J connectivity index is 1.42. The van der Waals surface area contributed by atoms with E-state index in [2.05, 4.69) is 0 Å². The molecule has 196 valence electrons. The Hall–Kier alpha value is -2.45. The molecule has 2 aliphatic heterocycles. The summed E-state index contributed by atoms with van der Waals surface area (Å²) in [7, 11) is 0. The van der Waals surface area contributed by atoms with Crippen molar-refractivity contribution in [2.45, 2.75) is 83.1 Å². The van der Waals surface area contributed by atoms with Crippen LogP contribution in [0.4, 0.5) is 22.8 Å². The highest BCUT2D eigenvalue weighted by Gasteiger charge is 2.46. The van der Waals surface area contributed by atoms with Crippen LogP contribution in [0, 0.1) is 5.92 Å². The Morgan fingerprint density at radius 1 is 0.971 bits per heavy atom. The molecule has 0 spiro atoms. The summed E-state index contributed by atoms with van der Waals surface area (Å²) in [6.07, 6.45) is -0.613. The summed E-state index contributed by atoms with van der Waals surface area (Å²) in [5.41, 5.74) is -1.32. The van der Waals surface area contributed by atoms with E-state index in [0.717, 1.165) is 5.56 Å². The lowest BCUT2D eigenvalue weighted by molar-refractivity contribution is -0.109. The maximum absolute atomic E-state index is 15.3. The molecule has 2 amide bonds. The normalized spacial score (nSPS) is 21.9. The van der Waals surface area contributed by atoms with E-state index in [0.29, 0.717) is 0 Å². The van der Waals surface area contributed by atoms with Crippen molar-refractivity contribution in [1.29, 1.82) is 0 Å². The first-order chi connectivity index (χ1) is 16.4. The molecule has 1 aromatic rings. The molecule has 1 atom stereocenters. The number of piperidine rings is 2. The maximum atomic E-state index is 15.3. The molecule has 0 N–H and O–H groups in total. The number of hydrogen-bond acceptors (Lipinski definition) is 4. The Kier molecular flexibility index (Phi) is 8.59. The van der Waals surface area contributed by atoms with E-state index in [1.165, 1.54) is 9.80 Å². The third-order valence-corrected chi connectivity index (χ3v) is 6.71. The molecule has 0 radical (unpaired) electrons. The van der Waals surface area contributed by atoms with Crippen LogP contribution in [0.25, 0.3) is 0 Å². The fourth-order valence-corrected chi connectivity index (χ4v) is 4.59. The molecule has 1 unspecified atom stereocenters. The van der Waals surface area contributed by atoms with Gasteiger partial charge >= 0.3 is 12.2 Å². The van der Waals surface area contributed by atoms with Crippen LogP contribution in [-0.4, -0.2) is 65.4 Å². The Morgan fingerprint density at radius 2 is 1.60 bits per heavy atom. The van der Waals surface area contributed by atoms with Crippen LogP contribution >= 0.6 is 0 Å². The van der Waals surface area contributed by atoms with Gasteiger partial charge in [-0.15, -0.1) is 0 Å². The lowest BCUT2D eigenvalue weighted by Crippen LogP contribution is -2.50. The second-order valence-corrected chi connectivity index (χ2v) is 10.7. The van der Waals surface area contributed by atoms with E-state index in [1.807, 2.05) is 30.3 Å². The van der Waals surface area contributed by atoms with Gasteiger partial charge in [0.05, 0.1) is 0 Å². The van der Waals surface area contributed by atoms with Gasteiger partial charge < -0.3 is 19.3 Å². The lowest BCUT2D eigenvalue weighted by Gasteiger charge is -2.39. The van der Waals surface area contributed by atoms with Crippen LogP contribution in [-0.2, 0) is 16.1 Å². The van der Waals surface area contributed by atoms with E-state index in [1.54, 1.807) is 20.8 Å². The van der Waals surface area contributed by atoms with Crippen molar-refractivity contribution in [3.05, 3.63) is 35.9 Å². The zero-order valence-electron chi connectivity index (χ0n) is 20.9. The first-order valence-electron chi connectivity index (χ1n) is 12.4. The Labute approximate surface area is 205 Å². The molecular formula is C26H37F3N2O4. The summed E-state index contributed by atoms with van der Waals surface area (Å²) >= 11 is 0. The number of alkyl halides is 3. The minimum absolute atomic E-state index is 0.0539. The number of carbonyl (C=O) groups is 2. The number of halogens is 3. The third kappa shape index (κ3) is 8.04. The number of hydrogen-bond donors (Lipinski definition) is 0. The predicted octanol–water partition coefficient (Wildman–Crippen LogP) is 6.19. The van der Waals surface area contributed by atoms with Gasteiger partial charge in [0.25, 0.3) is 5.92 Å². The summed E-state index contributed by atoms with van der Waals surface area (Å²) in [5.74, 6) is -3.92. The highest BCUT2D eigenvalue weighted by molar-refractivity contribution is 5.68. The van der Waals surface area contributed by atoms with Crippen LogP contribution in [0.1, 0.15) is 64.9 Å². The van der Waals surface area contributed by atoms with Gasteiger partial charge in [-0.2, -0.15) is 0 Å². The zero-order valence-corrected chi connectivity index (χ0v) is 20.9. The van der Waals surface area contributed by atoms with Crippen molar-refractivity contribution in [3.8, 4) is 0 Å². The molecule has 9 heteroatoms.